The van der Waals surface area contributed by atoms with Gasteiger partial charge in [-0.15, -0.1) is 0 Å². The first kappa shape index (κ1) is 24.0. The molecular weight excluding hydrogens is 422 g/mol. The van der Waals surface area contributed by atoms with E-state index in [4.69, 9.17) is 9.97 Å². The van der Waals surface area contributed by atoms with Gasteiger partial charge in [0.2, 0.25) is 11.9 Å². The van der Waals surface area contributed by atoms with E-state index in [1.54, 1.807) is 0 Å². The van der Waals surface area contributed by atoms with Crippen LogP contribution in [0.25, 0.3) is 0 Å². The highest BCUT2D eigenvalue weighted by molar-refractivity contribution is 5.78. The van der Waals surface area contributed by atoms with Crippen molar-refractivity contribution in [3.05, 3.63) is 18.0 Å². The summed E-state index contributed by atoms with van der Waals surface area (Å²) in [7, 11) is 0. The Labute approximate surface area is 206 Å². The van der Waals surface area contributed by atoms with Crippen LogP contribution in [-0.2, 0) is 4.79 Å². The third kappa shape index (κ3) is 4.59. The lowest BCUT2D eigenvalue weighted by atomic mass is 9.64. The highest BCUT2D eigenvalue weighted by Gasteiger charge is 2.43. The lowest BCUT2D eigenvalue weighted by molar-refractivity contribution is -0.137. The Morgan fingerprint density at radius 1 is 0.971 bits per heavy atom. The molecule has 2 bridgehead atoms. The number of aromatic nitrogens is 2. The van der Waals surface area contributed by atoms with Crippen molar-refractivity contribution >= 4 is 11.9 Å². The summed E-state index contributed by atoms with van der Waals surface area (Å²) in [5.74, 6) is 1.99. The number of anilines is 1. The molecule has 6 nitrogen and oxygen atoms in total. The molecule has 4 heterocycles. The van der Waals surface area contributed by atoms with Gasteiger partial charge < -0.3 is 9.80 Å². The second kappa shape index (κ2) is 9.75. The van der Waals surface area contributed by atoms with Gasteiger partial charge in [0.25, 0.3) is 0 Å². The number of nitrogens with zero attached hydrogens (tertiary/aromatic N) is 5. The highest BCUT2D eigenvalue weighted by Crippen LogP contribution is 2.49. The van der Waals surface area contributed by atoms with Crippen molar-refractivity contribution in [1.82, 2.24) is 19.8 Å². The lowest BCUT2D eigenvalue weighted by Gasteiger charge is -2.46. The van der Waals surface area contributed by atoms with E-state index in [0.717, 1.165) is 32.1 Å². The molecule has 34 heavy (non-hydrogen) atoms. The largest absolute Gasteiger partial charge is 0.342 e. The Balaban J connectivity index is 1.16. The van der Waals surface area contributed by atoms with Crippen LogP contribution in [0, 0.1) is 11.3 Å². The SMILES string of the molecule is CCC(C)N1CC2CCC(C1)N2c1ncc(C2CCC3(CC2)CCN(C(=O)C(C)C)CC3)cn1. The van der Waals surface area contributed by atoms with Gasteiger partial charge in [-0.2, -0.15) is 0 Å². The molecule has 3 unspecified atom stereocenters. The Bertz CT molecular complexity index is 823. The molecule has 3 saturated heterocycles. The molecule has 0 aromatic carbocycles. The molecule has 1 saturated carbocycles. The van der Waals surface area contributed by atoms with E-state index in [2.05, 4.69) is 40.9 Å². The first-order valence-electron chi connectivity index (χ1n) is 14.0. The zero-order valence-electron chi connectivity index (χ0n) is 21.9. The minimum Gasteiger partial charge on any atom is -0.342 e. The van der Waals surface area contributed by atoms with Crippen LogP contribution in [0.4, 0.5) is 5.95 Å². The monoisotopic (exact) mass is 467 g/mol. The summed E-state index contributed by atoms with van der Waals surface area (Å²) < 4.78 is 0. The van der Waals surface area contributed by atoms with E-state index in [9.17, 15) is 4.79 Å². The summed E-state index contributed by atoms with van der Waals surface area (Å²) in [5.41, 5.74) is 1.79. The molecule has 3 aliphatic heterocycles. The zero-order chi connectivity index (χ0) is 23.9. The predicted molar refractivity (Wildman–Crippen MR) is 137 cm³/mol. The van der Waals surface area contributed by atoms with Gasteiger partial charge in [-0.3, -0.25) is 9.69 Å². The fourth-order valence-corrected chi connectivity index (χ4v) is 7.19. The molecule has 188 valence electrons. The molecule has 1 aliphatic carbocycles. The number of hydrogen-bond donors (Lipinski definition) is 0. The molecule has 0 radical (unpaired) electrons. The minimum atomic E-state index is 0.117. The molecule has 1 spiro atoms. The van der Waals surface area contributed by atoms with Crippen LogP contribution in [0.3, 0.4) is 0 Å². The second-order valence-corrected chi connectivity index (χ2v) is 12.1. The van der Waals surface area contributed by atoms with Gasteiger partial charge >= 0.3 is 0 Å². The van der Waals surface area contributed by atoms with Gasteiger partial charge in [0.1, 0.15) is 0 Å². The van der Waals surface area contributed by atoms with Crippen molar-refractivity contribution in [2.45, 2.75) is 110 Å². The number of rotatable bonds is 5. The second-order valence-electron chi connectivity index (χ2n) is 12.1. The molecule has 1 aromatic heterocycles. The van der Waals surface area contributed by atoms with E-state index in [-0.39, 0.29) is 5.92 Å². The maximum atomic E-state index is 12.4. The number of fused-ring (bicyclic) bond motifs is 2. The van der Waals surface area contributed by atoms with Crippen LogP contribution in [0.2, 0.25) is 0 Å². The van der Waals surface area contributed by atoms with Crippen molar-refractivity contribution < 1.29 is 4.79 Å². The van der Waals surface area contributed by atoms with Gasteiger partial charge in [0.15, 0.2) is 0 Å². The topological polar surface area (TPSA) is 52.6 Å². The van der Waals surface area contributed by atoms with Crippen LogP contribution in [0.15, 0.2) is 12.4 Å². The first-order valence-corrected chi connectivity index (χ1v) is 14.0. The lowest BCUT2D eigenvalue weighted by Crippen LogP contribution is -2.56. The molecule has 3 atom stereocenters. The number of piperidine rings is 1. The third-order valence-corrected chi connectivity index (χ3v) is 9.76. The standard InChI is InChI=1S/C28H45N5O/c1-5-21(4)32-18-24-6-7-25(19-32)33(24)27-29-16-23(17-30-27)22-8-10-28(11-9-22)12-14-31(15-13-28)26(34)20(2)3/h16-17,20-22,24-25H,5-15,18-19H2,1-4H3. The van der Waals surface area contributed by atoms with Crippen LogP contribution in [0.5, 0.6) is 0 Å². The van der Waals surface area contributed by atoms with Crippen LogP contribution in [0.1, 0.15) is 97.0 Å². The Kier molecular flexibility index (Phi) is 6.89. The van der Waals surface area contributed by atoms with Crippen LogP contribution in [-0.4, -0.2) is 70.0 Å². The number of carbonyl (C=O) groups excluding carboxylic acids is 1. The van der Waals surface area contributed by atoms with Crippen molar-refractivity contribution in [2.24, 2.45) is 11.3 Å². The maximum absolute atomic E-state index is 12.4. The smallest absolute Gasteiger partial charge is 0.225 e. The summed E-state index contributed by atoms with van der Waals surface area (Å²) in [6, 6.07) is 1.81. The van der Waals surface area contributed by atoms with Crippen molar-refractivity contribution in [3.63, 3.8) is 0 Å². The molecule has 1 amide bonds. The van der Waals surface area contributed by atoms with Crippen LogP contribution >= 0.6 is 0 Å². The molecule has 6 heteroatoms. The van der Waals surface area contributed by atoms with Gasteiger partial charge in [-0.1, -0.05) is 20.8 Å². The molecule has 5 rings (SSSR count). The predicted octanol–water partition coefficient (Wildman–Crippen LogP) is 4.85. The molecule has 1 aromatic rings. The third-order valence-electron chi connectivity index (χ3n) is 9.76. The quantitative estimate of drug-likeness (QED) is 0.620. The summed E-state index contributed by atoms with van der Waals surface area (Å²) in [4.78, 5) is 29.5. The average molecular weight is 468 g/mol. The maximum Gasteiger partial charge on any atom is 0.225 e. The number of carbonyl (C=O) groups is 1. The number of hydrogen-bond acceptors (Lipinski definition) is 5. The summed E-state index contributed by atoms with van der Waals surface area (Å²) in [6.45, 7) is 12.9. The number of piperazine rings is 1. The first-order chi connectivity index (χ1) is 16.4. The minimum absolute atomic E-state index is 0.117. The van der Waals surface area contributed by atoms with Crippen molar-refractivity contribution in [1.29, 1.82) is 0 Å². The van der Waals surface area contributed by atoms with E-state index < -0.39 is 0 Å². The normalized spacial score (nSPS) is 28.6. The fourth-order valence-electron chi connectivity index (χ4n) is 7.19. The van der Waals surface area contributed by atoms with E-state index in [1.165, 1.54) is 63.4 Å². The molecule has 4 aliphatic rings. The summed E-state index contributed by atoms with van der Waals surface area (Å²) in [5, 5.41) is 0. The van der Waals surface area contributed by atoms with Crippen LogP contribution < -0.4 is 4.90 Å². The van der Waals surface area contributed by atoms with Crippen molar-refractivity contribution in [2.75, 3.05) is 31.1 Å². The van der Waals surface area contributed by atoms with Crippen molar-refractivity contribution in [3.8, 4) is 0 Å². The van der Waals surface area contributed by atoms with E-state index >= 15 is 0 Å². The van der Waals surface area contributed by atoms with Gasteiger partial charge in [-0.05, 0) is 81.6 Å². The average Bonchev–Trinajstić information content (AvgIpc) is 3.13. The Hall–Kier alpha value is -1.69. The van der Waals surface area contributed by atoms with Gasteiger partial charge in [0.05, 0.1) is 0 Å². The Morgan fingerprint density at radius 3 is 2.09 bits per heavy atom. The number of amides is 1. The van der Waals surface area contributed by atoms with E-state index in [1.807, 2.05) is 13.8 Å². The van der Waals surface area contributed by atoms with Gasteiger partial charge in [0, 0.05) is 62.6 Å². The number of likely N-dealkylation sites (tertiary alicyclic amines) is 2. The Morgan fingerprint density at radius 2 is 1.56 bits per heavy atom. The van der Waals surface area contributed by atoms with Gasteiger partial charge in [-0.25, -0.2) is 9.97 Å². The summed E-state index contributed by atoms with van der Waals surface area (Å²) in [6.07, 6.45) is 15.4. The molecule has 4 fully saturated rings. The zero-order valence-corrected chi connectivity index (χ0v) is 21.9. The fraction of sp³-hybridized carbons (Fsp3) is 0.821. The molecule has 0 N–H and O–H groups in total. The summed E-state index contributed by atoms with van der Waals surface area (Å²) >= 11 is 0. The molecular formula is C28H45N5O. The van der Waals surface area contributed by atoms with E-state index in [0.29, 0.717) is 35.4 Å². The highest BCUT2D eigenvalue weighted by atomic mass is 16.2.